The molecule has 0 fully saturated rings. The molecule has 0 atom stereocenters. The van der Waals surface area contributed by atoms with E-state index < -0.39 is 0 Å². The summed E-state index contributed by atoms with van der Waals surface area (Å²) in [5, 5.41) is 17.5. The number of aromatic hydroxyl groups is 1. The highest BCUT2D eigenvalue weighted by Crippen LogP contribution is 2.26. The number of rotatable bonds is 2. The van der Waals surface area contributed by atoms with Crippen molar-refractivity contribution < 1.29 is 5.11 Å². The van der Waals surface area contributed by atoms with Gasteiger partial charge in [-0.05, 0) is 47.9 Å². The third-order valence-electron chi connectivity index (χ3n) is 3.02. The van der Waals surface area contributed by atoms with E-state index in [2.05, 4.69) is 15.6 Å². The maximum atomic E-state index is 9.56. The molecule has 21 heavy (non-hydrogen) atoms. The number of fused-ring (bicyclic) bond motifs is 1. The predicted molar refractivity (Wildman–Crippen MR) is 91.3 cm³/mol. The highest BCUT2D eigenvalue weighted by molar-refractivity contribution is 7.80. The molecular weight excluding hydrogens is 306 g/mol. The summed E-state index contributed by atoms with van der Waals surface area (Å²) in [6.45, 7) is 0. The summed E-state index contributed by atoms with van der Waals surface area (Å²) in [7, 11) is 0. The summed E-state index contributed by atoms with van der Waals surface area (Å²) in [5.41, 5.74) is 2.57. The number of halogens is 1. The average Bonchev–Trinajstić information content (AvgIpc) is 2.90. The van der Waals surface area contributed by atoms with Crippen molar-refractivity contribution in [1.29, 1.82) is 0 Å². The fraction of sp³-hybridized carbons (Fsp3) is 0. The van der Waals surface area contributed by atoms with Crippen LogP contribution >= 0.6 is 23.8 Å². The summed E-state index contributed by atoms with van der Waals surface area (Å²) in [6, 6.07) is 12.8. The van der Waals surface area contributed by atoms with Crippen LogP contribution in [0.4, 0.5) is 11.4 Å². The molecule has 4 nitrogen and oxygen atoms in total. The number of nitrogens with one attached hydrogen (secondary N) is 3. The number of phenols is 1. The third kappa shape index (κ3) is 3.09. The normalized spacial score (nSPS) is 10.5. The van der Waals surface area contributed by atoms with Gasteiger partial charge >= 0.3 is 0 Å². The number of H-pyrrole nitrogens is 1. The Hall–Kier alpha value is -2.24. The first-order valence-electron chi connectivity index (χ1n) is 6.25. The Morgan fingerprint density at radius 3 is 2.52 bits per heavy atom. The van der Waals surface area contributed by atoms with Crippen molar-refractivity contribution >= 4 is 51.2 Å². The van der Waals surface area contributed by atoms with Crippen LogP contribution in [-0.2, 0) is 0 Å². The maximum Gasteiger partial charge on any atom is 0.175 e. The Bertz CT molecular complexity index is 816. The van der Waals surface area contributed by atoms with Crippen LogP contribution in [0.25, 0.3) is 10.9 Å². The molecule has 0 saturated carbocycles. The van der Waals surface area contributed by atoms with Gasteiger partial charge < -0.3 is 20.7 Å². The zero-order valence-electron chi connectivity index (χ0n) is 10.9. The molecule has 1 aromatic heterocycles. The van der Waals surface area contributed by atoms with Gasteiger partial charge in [0.2, 0.25) is 0 Å². The topological polar surface area (TPSA) is 60.1 Å². The molecule has 0 aliphatic rings. The van der Waals surface area contributed by atoms with E-state index >= 15 is 0 Å². The van der Waals surface area contributed by atoms with Crippen LogP contribution in [0.3, 0.4) is 0 Å². The number of aromatic nitrogens is 1. The Morgan fingerprint density at radius 2 is 1.76 bits per heavy atom. The van der Waals surface area contributed by atoms with E-state index in [1.165, 1.54) is 6.07 Å². The second kappa shape index (κ2) is 5.63. The van der Waals surface area contributed by atoms with E-state index in [9.17, 15) is 5.11 Å². The van der Waals surface area contributed by atoms with Crippen LogP contribution in [0.1, 0.15) is 0 Å². The number of phenolic OH excluding ortho intramolecular Hbond substituents is 1. The number of aromatic amines is 1. The van der Waals surface area contributed by atoms with Crippen molar-refractivity contribution in [2.75, 3.05) is 10.6 Å². The number of hydrogen-bond acceptors (Lipinski definition) is 2. The first kappa shape index (κ1) is 13.7. The van der Waals surface area contributed by atoms with E-state index in [1.807, 2.05) is 30.5 Å². The summed E-state index contributed by atoms with van der Waals surface area (Å²) in [4.78, 5) is 3.15. The summed E-state index contributed by atoms with van der Waals surface area (Å²) < 4.78 is 0. The lowest BCUT2D eigenvalue weighted by Crippen LogP contribution is -2.18. The number of benzene rings is 2. The molecule has 0 aliphatic carbocycles. The molecule has 6 heteroatoms. The van der Waals surface area contributed by atoms with E-state index in [4.69, 9.17) is 23.8 Å². The SMILES string of the molecule is Oc1cc(NC(=S)Nc2ccc3cc[nH]c3c2)ccc1Cl. The van der Waals surface area contributed by atoms with Crippen LogP contribution in [-0.4, -0.2) is 15.2 Å². The first-order valence-corrected chi connectivity index (χ1v) is 7.04. The van der Waals surface area contributed by atoms with Crippen LogP contribution in [0, 0.1) is 0 Å². The van der Waals surface area contributed by atoms with Gasteiger partial charge in [0.25, 0.3) is 0 Å². The molecule has 3 rings (SSSR count). The smallest absolute Gasteiger partial charge is 0.175 e. The zero-order valence-corrected chi connectivity index (χ0v) is 12.4. The van der Waals surface area contributed by atoms with Gasteiger partial charge in [-0.25, -0.2) is 0 Å². The largest absolute Gasteiger partial charge is 0.506 e. The number of thiocarbonyl (C=S) groups is 1. The summed E-state index contributed by atoms with van der Waals surface area (Å²) >= 11 is 11.0. The van der Waals surface area contributed by atoms with Crippen LogP contribution in [0.15, 0.2) is 48.7 Å². The zero-order chi connectivity index (χ0) is 14.8. The van der Waals surface area contributed by atoms with Gasteiger partial charge in [-0.1, -0.05) is 17.7 Å². The van der Waals surface area contributed by atoms with Crippen molar-refractivity contribution in [2.24, 2.45) is 0 Å². The van der Waals surface area contributed by atoms with Crippen molar-refractivity contribution in [1.82, 2.24) is 4.98 Å². The molecule has 0 radical (unpaired) electrons. The molecule has 0 aliphatic heterocycles. The molecule has 2 aromatic carbocycles. The second-order valence-corrected chi connectivity index (χ2v) is 5.34. The number of hydrogen-bond donors (Lipinski definition) is 4. The highest BCUT2D eigenvalue weighted by atomic mass is 35.5. The van der Waals surface area contributed by atoms with Crippen LogP contribution < -0.4 is 10.6 Å². The van der Waals surface area contributed by atoms with Gasteiger partial charge in [-0.3, -0.25) is 0 Å². The molecule has 106 valence electrons. The lowest BCUT2D eigenvalue weighted by atomic mass is 10.2. The molecule has 0 spiro atoms. The molecule has 1 heterocycles. The quantitative estimate of drug-likeness (QED) is 0.531. The summed E-state index contributed by atoms with van der Waals surface area (Å²) in [5.74, 6) is 0.0114. The fourth-order valence-corrected chi connectivity index (χ4v) is 2.36. The summed E-state index contributed by atoms with van der Waals surface area (Å²) in [6.07, 6.45) is 1.89. The Morgan fingerprint density at radius 1 is 1.05 bits per heavy atom. The van der Waals surface area contributed by atoms with Gasteiger partial charge in [0.15, 0.2) is 5.11 Å². The van der Waals surface area contributed by atoms with Gasteiger partial charge in [0, 0.05) is 29.2 Å². The van der Waals surface area contributed by atoms with Gasteiger partial charge in [0.05, 0.1) is 5.02 Å². The Labute approximate surface area is 131 Å². The van der Waals surface area contributed by atoms with E-state index in [-0.39, 0.29) is 5.75 Å². The van der Waals surface area contributed by atoms with E-state index in [0.717, 1.165) is 16.6 Å². The molecule has 4 N–H and O–H groups in total. The fourth-order valence-electron chi connectivity index (χ4n) is 2.01. The van der Waals surface area contributed by atoms with Gasteiger partial charge in [-0.15, -0.1) is 0 Å². The Kier molecular flexibility index (Phi) is 3.68. The van der Waals surface area contributed by atoms with E-state index in [0.29, 0.717) is 15.8 Å². The lowest BCUT2D eigenvalue weighted by Gasteiger charge is -2.11. The van der Waals surface area contributed by atoms with Crippen LogP contribution in [0.2, 0.25) is 5.02 Å². The standard InChI is InChI=1S/C15H12ClN3OS/c16-12-4-3-11(8-14(12)20)19-15(21)18-10-2-1-9-5-6-17-13(9)7-10/h1-8,17,20H,(H2,18,19,21). The van der Waals surface area contributed by atoms with Gasteiger partial charge in [0.1, 0.15) is 5.75 Å². The molecule has 0 amide bonds. The van der Waals surface area contributed by atoms with Crippen LogP contribution in [0.5, 0.6) is 5.75 Å². The molecule has 0 bridgehead atoms. The maximum absolute atomic E-state index is 9.56. The van der Waals surface area contributed by atoms with Crippen molar-refractivity contribution in [3.8, 4) is 5.75 Å². The third-order valence-corrected chi connectivity index (χ3v) is 3.54. The predicted octanol–water partition coefficient (Wildman–Crippen LogP) is 4.34. The van der Waals surface area contributed by atoms with E-state index in [1.54, 1.807) is 12.1 Å². The monoisotopic (exact) mass is 317 g/mol. The average molecular weight is 318 g/mol. The van der Waals surface area contributed by atoms with Crippen molar-refractivity contribution in [3.63, 3.8) is 0 Å². The minimum Gasteiger partial charge on any atom is -0.506 e. The Balaban J connectivity index is 1.71. The molecule has 0 unspecified atom stereocenters. The van der Waals surface area contributed by atoms with Gasteiger partial charge in [-0.2, -0.15) is 0 Å². The minimum absolute atomic E-state index is 0.0114. The minimum atomic E-state index is 0.0114. The highest BCUT2D eigenvalue weighted by Gasteiger charge is 2.03. The number of anilines is 2. The molecule has 0 saturated heterocycles. The molecule has 3 aromatic rings. The van der Waals surface area contributed by atoms with Crippen molar-refractivity contribution in [2.45, 2.75) is 0 Å². The second-order valence-electron chi connectivity index (χ2n) is 4.53. The first-order chi connectivity index (χ1) is 10.1. The van der Waals surface area contributed by atoms with Crippen molar-refractivity contribution in [3.05, 3.63) is 53.7 Å². The molecular formula is C15H12ClN3OS. The lowest BCUT2D eigenvalue weighted by molar-refractivity contribution is 0.476.